The van der Waals surface area contributed by atoms with Crippen molar-refractivity contribution < 1.29 is 4.79 Å². The second-order valence-electron chi connectivity index (χ2n) is 6.56. The zero-order valence-electron chi connectivity index (χ0n) is 15.2. The monoisotopic (exact) mass is 369 g/mol. The van der Waals surface area contributed by atoms with Gasteiger partial charge < -0.3 is 10.6 Å². The minimum absolute atomic E-state index is 0.0429. The summed E-state index contributed by atoms with van der Waals surface area (Å²) in [6.07, 6.45) is 4.14. The average molecular weight is 369 g/mol. The van der Waals surface area contributed by atoms with E-state index in [2.05, 4.69) is 39.4 Å². The van der Waals surface area contributed by atoms with Crippen molar-refractivity contribution in [3.63, 3.8) is 0 Å². The van der Waals surface area contributed by atoms with Gasteiger partial charge in [0.1, 0.15) is 17.0 Å². The number of carbonyl (C=O) groups excluding carboxylic acids is 1. The molecule has 0 atom stereocenters. The van der Waals surface area contributed by atoms with Crippen molar-refractivity contribution in [2.24, 2.45) is 5.92 Å². The standard InChI is InChI=1S/C19H23N5OS/c1-12(2)10-22-18(25)16-13(3)15-17(23-11-24-19(15)26-16)21-9-7-14-6-4-5-8-20-14/h4-6,8,11-12H,7,9-10H2,1-3H3,(H,22,25)(H,21,23,24). The molecule has 6 nitrogen and oxygen atoms in total. The first-order valence-electron chi connectivity index (χ1n) is 8.72. The van der Waals surface area contributed by atoms with Gasteiger partial charge in [-0.1, -0.05) is 19.9 Å². The number of anilines is 1. The Balaban J connectivity index is 1.77. The number of nitrogens with one attached hydrogen (secondary N) is 2. The number of hydrogen-bond donors (Lipinski definition) is 2. The summed E-state index contributed by atoms with van der Waals surface area (Å²) in [5, 5.41) is 7.27. The van der Waals surface area contributed by atoms with E-state index in [0.717, 1.165) is 33.7 Å². The zero-order chi connectivity index (χ0) is 18.5. The van der Waals surface area contributed by atoms with Crippen LogP contribution >= 0.6 is 11.3 Å². The summed E-state index contributed by atoms with van der Waals surface area (Å²) in [6, 6.07) is 5.89. The number of amides is 1. The maximum absolute atomic E-state index is 12.5. The summed E-state index contributed by atoms with van der Waals surface area (Å²) >= 11 is 1.41. The van der Waals surface area contributed by atoms with Crippen LogP contribution in [0.25, 0.3) is 10.2 Å². The number of pyridine rings is 1. The first-order chi connectivity index (χ1) is 12.6. The maximum atomic E-state index is 12.5. The van der Waals surface area contributed by atoms with Crippen LogP contribution in [-0.2, 0) is 6.42 Å². The Morgan fingerprint density at radius 2 is 2.08 bits per heavy atom. The molecule has 0 fully saturated rings. The first kappa shape index (κ1) is 18.3. The third-order valence-corrected chi connectivity index (χ3v) is 5.20. The number of carbonyl (C=O) groups is 1. The highest BCUT2D eigenvalue weighted by Gasteiger charge is 2.19. The number of aryl methyl sites for hydroxylation is 1. The van der Waals surface area contributed by atoms with Crippen molar-refractivity contribution in [1.82, 2.24) is 20.3 Å². The van der Waals surface area contributed by atoms with E-state index < -0.39 is 0 Å². The van der Waals surface area contributed by atoms with E-state index in [1.165, 1.54) is 17.7 Å². The Labute approximate surface area is 157 Å². The van der Waals surface area contributed by atoms with E-state index in [-0.39, 0.29) is 5.91 Å². The molecule has 3 aromatic rings. The molecular weight excluding hydrogens is 346 g/mol. The Kier molecular flexibility index (Phi) is 5.78. The Bertz CT molecular complexity index is 892. The lowest BCUT2D eigenvalue weighted by Gasteiger charge is -2.08. The van der Waals surface area contributed by atoms with Gasteiger partial charge in [-0.3, -0.25) is 9.78 Å². The number of rotatable bonds is 7. The molecule has 0 aliphatic rings. The molecule has 0 spiro atoms. The Morgan fingerprint density at radius 3 is 2.81 bits per heavy atom. The third kappa shape index (κ3) is 4.16. The minimum Gasteiger partial charge on any atom is -0.369 e. The summed E-state index contributed by atoms with van der Waals surface area (Å²) < 4.78 is 0. The van der Waals surface area contributed by atoms with Gasteiger partial charge in [-0.15, -0.1) is 11.3 Å². The van der Waals surface area contributed by atoms with Gasteiger partial charge in [-0.2, -0.15) is 0 Å². The molecule has 0 bridgehead atoms. The molecule has 3 rings (SSSR count). The van der Waals surface area contributed by atoms with Crippen LogP contribution in [0.5, 0.6) is 0 Å². The van der Waals surface area contributed by atoms with Gasteiger partial charge in [0.05, 0.1) is 10.3 Å². The van der Waals surface area contributed by atoms with E-state index in [1.54, 1.807) is 6.20 Å². The molecule has 0 saturated heterocycles. The Hall–Kier alpha value is -2.54. The van der Waals surface area contributed by atoms with Crippen LogP contribution in [0.1, 0.15) is 34.8 Å². The van der Waals surface area contributed by atoms with Gasteiger partial charge in [0.2, 0.25) is 0 Å². The highest BCUT2D eigenvalue weighted by molar-refractivity contribution is 7.20. The van der Waals surface area contributed by atoms with Gasteiger partial charge in [-0.25, -0.2) is 9.97 Å². The van der Waals surface area contributed by atoms with E-state index >= 15 is 0 Å². The number of fused-ring (bicyclic) bond motifs is 1. The van der Waals surface area contributed by atoms with Gasteiger partial charge in [0, 0.05) is 31.4 Å². The molecule has 1 amide bonds. The second kappa shape index (κ2) is 8.23. The topological polar surface area (TPSA) is 79.8 Å². The van der Waals surface area contributed by atoms with Crippen LogP contribution in [0, 0.1) is 12.8 Å². The fourth-order valence-corrected chi connectivity index (χ4v) is 3.72. The van der Waals surface area contributed by atoms with Crippen molar-refractivity contribution in [1.29, 1.82) is 0 Å². The fraction of sp³-hybridized carbons (Fsp3) is 0.368. The largest absolute Gasteiger partial charge is 0.369 e. The predicted octanol–water partition coefficient (Wildman–Crippen LogP) is 3.44. The van der Waals surface area contributed by atoms with E-state index in [9.17, 15) is 4.79 Å². The van der Waals surface area contributed by atoms with E-state index in [4.69, 9.17) is 0 Å². The lowest BCUT2D eigenvalue weighted by Crippen LogP contribution is -2.27. The van der Waals surface area contributed by atoms with Crippen LogP contribution < -0.4 is 10.6 Å². The molecule has 26 heavy (non-hydrogen) atoms. The first-order valence-corrected chi connectivity index (χ1v) is 9.54. The summed E-state index contributed by atoms with van der Waals surface area (Å²) in [6.45, 7) is 7.48. The molecule has 0 aliphatic heterocycles. The molecule has 3 aromatic heterocycles. The van der Waals surface area contributed by atoms with Gasteiger partial charge in [-0.05, 0) is 30.5 Å². The quantitative estimate of drug-likeness (QED) is 0.667. The molecule has 0 radical (unpaired) electrons. The molecule has 136 valence electrons. The van der Waals surface area contributed by atoms with Gasteiger partial charge in [0.15, 0.2) is 0 Å². The lowest BCUT2D eigenvalue weighted by molar-refractivity contribution is 0.0952. The third-order valence-electron chi connectivity index (χ3n) is 4.00. The van der Waals surface area contributed by atoms with Crippen LogP contribution in [-0.4, -0.2) is 33.9 Å². The minimum atomic E-state index is -0.0429. The summed E-state index contributed by atoms with van der Waals surface area (Å²) in [4.78, 5) is 27.1. The van der Waals surface area contributed by atoms with Crippen molar-refractivity contribution in [2.45, 2.75) is 27.2 Å². The molecular formula is C19H23N5OS. The average Bonchev–Trinajstić information content (AvgIpc) is 2.98. The fourth-order valence-electron chi connectivity index (χ4n) is 2.65. The van der Waals surface area contributed by atoms with Crippen molar-refractivity contribution in [3.05, 3.63) is 46.9 Å². The summed E-state index contributed by atoms with van der Waals surface area (Å²) in [5.41, 5.74) is 1.95. The van der Waals surface area contributed by atoms with Crippen LogP contribution in [0.4, 0.5) is 5.82 Å². The SMILES string of the molecule is Cc1c(C(=O)NCC(C)C)sc2ncnc(NCCc3ccccn3)c12. The molecule has 2 N–H and O–H groups in total. The van der Waals surface area contributed by atoms with Crippen LogP contribution in [0.3, 0.4) is 0 Å². The number of hydrogen-bond acceptors (Lipinski definition) is 6. The van der Waals surface area contributed by atoms with Crippen molar-refractivity contribution in [3.8, 4) is 0 Å². The second-order valence-corrected chi connectivity index (χ2v) is 7.56. The lowest BCUT2D eigenvalue weighted by atomic mass is 10.2. The summed E-state index contributed by atoms with van der Waals surface area (Å²) in [7, 11) is 0. The predicted molar refractivity (Wildman–Crippen MR) is 106 cm³/mol. The van der Waals surface area contributed by atoms with E-state index in [1.807, 2.05) is 25.1 Å². The molecule has 7 heteroatoms. The molecule has 0 saturated carbocycles. The number of thiophene rings is 1. The van der Waals surface area contributed by atoms with Gasteiger partial charge >= 0.3 is 0 Å². The molecule has 0 aliphatic carbocycles. The summed E-state index contributed by atoms with van der Waals surface area (Å²) in [5.74, 6) is 1.14. The highest BCUT2D eigenvalue weighted by atomic mass is 32.1. The van der Waals surface area contributed by atoms with Crippen molar-refractivity contribution >= 4 is 33.3 Å². The smallest absolute Gasteiger partial charge is 0.261 e. The van der Waals surface area contributed by atoms with Crippen LogP contribution in [0.15, 0.2) is 30.7 Å². The molecule has 3 heterocycles. The van der Waals surface area contributed by atoms with Crippen LogP contribution in [0.2, 0.25) is 0 Å². The normalized spacial score (nSPS) is 11.1. The highest BCUT2D eigenvalue weighted by Crippen LogP contribution is 2.33. The molecule has 0 unspecified atom stereocenters. The van der Waals surface area contributed by atoms with Crippen molar-refractivity contribution in [2.75, 3.05) is 18.4 Å². The zero-order valence-corrected chi connectivity index (χ0v) is 16.1. The molecule has 0 aromatic carbocycles. The number of nitrogens with zero attached hydrogens (tertiary/aromatic N) is 3. The van der Waals surface area contributed by atoms with Gasteiger partial charge in [0.25, 0.3) is 5.91 Å². The Morgan fingerprint density at radius 1 is 1.23 bits per heavy atom. The van der Waals surface area contributed by atoms with E-state index in [0.29, 0.717) is 23.9 Å². The number of aromatic nitrogens is 3. The maximum Gasteiger partial charge on any atom is 0.261 e.